The van der Waals surface area contributed by atoms with E-state index < -0.39 is 0 Å². The number of aromatic nitrogens is 2. The number of nitrogens with two attached hydrogens (primary N) is 1. The van der Waals surface area contributed by atoms with Crippen LogP contribution in [0.25, 0.3) is 0 Å². The minimum atomic E-state index is -0.219. The molecule has 0 radical (unpaired) electrons. The highest BCUT2D eigenvalue weighted by molar-refractivity contribution is 5.92. The van der Waals surface area contributed by atoms with Gasteiger partial charge in [-0.05, 0) is 13.3 Å². The van der Waals surface area contributed by atoms with Crippen molar-refractivity contribution in [3.63, 3.8) is 0 Å². The van der Waals surface area contributed by atoms with Gasteiger partial charge in [-0.3, -0.25) is 9.78 Å². The molecule has 1 amide bonds. The summed E-state index contributed by atoms with van der Waals surface area (Å²) < 4.78 is 0. The molecule has 6 heteroatoms. The summed E-state index contributed by atoms with van der Waals surface area (Å²) in [5.74, 6) is 5.37. The summed E-state index contributed by atoms with van der Waals surface area (Å²) in [6.45, 7) is 4.15. The zero-order chi connectivity index (χ0) is 13.4. The summed E-state index contributed by atoms with van der Waals surface area (Å²) >= 11 is 0. The van der Waals surface area contributed by atoms with E-state index in [-0.39, 0.29) is 17.6 Å². The molecule has 0 bridgehead atoms. The molecular weight excluding hydrogens is 230 g/mol. The third-order valence-electron chi connectivity index (χ3n) is 2.63. The first-order valence-electron chi connectivity index (χ1n) is 6.27. The maximum Gasteiger partial charge on any atom is 0.271 e. The average molecular weight is 251 g/mol. The Hall–Kier alpha value is -1.69. The summed E-state index contributed by atoms with van der Waals surface area (Å²) in [6.07, 6.45) is 7.34. The lowest BCUT2D eigenvalue weighted by molar-refractivity contribution is 0.0932. The predicted octanol–water partition coefficient (Wildman–Crippen LogP) is 1.46. The summed E-state index contributed by atoms with van der Waals surface area (Å²) in [6, 6.07) is 0.139. The van der Waals surface area contributed by atoms with Crippen molar-refractivity contribution in [2.45, 2.75) is 45.6 Å². The van der Waals surface area contributed by atoms with Crippen molar-refractivity contribution in [3.8, 4) is 0 Å². The molecule has 0 saturated heterocycles. The van der Waals surface area contributed by atoms with Gasteiger partial charge in [0.15, 0.2) is 5.82 Å². The lowest BCUT2D eigenvalue weighted by Crippen LogP contribution is -2.33. The molecule has 1 unspecified atom stereocenters. The second-order valence-corrected chi connectivity index (χ2v) is 4.30. The van der Waals surface area contributed by atoms with Crippen molar-refractivity contribution in [2.24, 2.45) is 5.84 Å². The van der Waals surface area contributed by atoms with Crippen LogP contribution < -0.4 is 16.6 Å². The highest BCUT2D eigenvalue weighted by Gasteiger charge is 2.11. The lowest BCUT2D eigenvalue weighted by Gasteiger charge is -2.13. The van der Waals surface area contributed by atoms with Crippen molar-refractivity contribution in [2.75, 3.05) is 5.43 Å². The van der Waals surface area contributed by atoms with Crippen LogP contribution in [0.5, 0.6) is 0 Å². The van der Waals surface area contributed by atoms with Crippen molar-refractivity contribution < 1.29 is 4.79 Å². The van der Waals surface area contributed by atoms with Gasteiger partial charge in [-0.25, -0.2) is 10.8 Å². The van der Waals surface area contributed by atoms with E-state index in [1.165, 1.54) is 25.2 Å². The van der Waals surface area contributed by atoms with Crippen LogP contribution in [-0.2, 0) is 0 Å². The molecule has 4 N–H and O–H groups in total. The minimum Gasteiger partial charge on any atom is -0.348 e. The number of unbranched alkanes of at least 4 members (excludes halogenated alkanes) is 2. The third kappa shape index (κ3) is 4.67. The minimum absolute atomic E-state index is 0.139. The Kier molecular flexibility index (Phi) is 6.07. The first kappa shape index (κ1) is 14.4. The summed E-state index contributed by atoms with van der Waals surface area (Å²) in [5.41, 5.74) is 2.63. The van der Waals surface area contributed by atoms with Gasteiger partial charge in [-0.15, -0.1) is 0 Å². The van der Waals surface area contributed by atoms with Gasteiger partial charge in [0.05, 0.1) is 12.4 Å². The molecule has 18 heavy (non-hydrogen) atoms. The van der Waals surface area contributed by atoms with E-state index in [0.29, 0.717) is 5.82 Å². The van der Waals surface area contributed by atoms with Crippen molar-refractivity contribution in [1.29, 1.82) is 0 Å². The molecule has 1 rings (SSSR count). The van der Waals surface area contributed by atoms with Crippen LogP contribution in [0.3, 0.4) is 0 Å². The normalized spacial score (nSPS) is 11.9. The molecule has 1 aromatic rings. The van der Waals surface area contributed by atoms with Crippen molar-refractivity contribution in [3.05, 3.63) is 18.1 Å². The molecule has 0 aliphatic carbocycles. The number of hydrogen-bond donors (Lipinski definition) is 3. The molecule has 6 nitrogen and oxygen atoms in total. The monoisotopic (exact) mass is 251 g/mol. The number of hydrazine groups is 1. The first-order valence-corrected chi connectivity index (χ1v) is 6.27. The Bertz CT molecular complexity index is 382. The molecule has 0 saturated carbocycles. The fourth-order valence-electron chi connectivity index (χ4n) is 1.62. The van der Waals surface area contributed by atoms with Gasteiger partial charge in [-0.1, -0.05) is 26.2 Å². The van der Waals surface area contributed by atoms with E-state index in [4.69, 9.17) is 5.84 Å². The molecule has 0 aromatic carbocycles. The highest BCUT2D eigenvalue weighted by atomic mass is 16.1. The zero-order valence-electron chi connectivity index (χ0n) is 10.9. The van der Waals surface area contributed by atoms with Gasteiger partial charge in [-0.2, -0.15) is 0 Å². The van der Waals surface area contributed by atoms with Gasteiger partial charge in [0.2, 0.25) is 0 Å². The Labute approximate surface area is 107 Å². The number of hydrogen-bond acceptors (Lipinski definition) is 5. The average Bonchev–Trinajstić information content (AvgIpc) is 2.39. The predicted molar refractivity (Wildman–Crippen MR) is 70.9 cm³/mol. The maximum atomic E-state index is 11.9. The number of carbonyl (C=O) groups is 1. The topological polar surface area (TPSA) is 92.9 Å². The molecular formula is C12H21N5O. The van der Waals surface area contributed by atoms with Gasteiger partial charge in [0.1, 0.15) is 5.69 Å². The Balaban J connectivity index is 2.48. The zero-order valence-corrected chi connectivity index (χ0v) is 10.9. The Morgan fingerprint density at radius 2 is 2.22 bits per heavy atom. The fraction of sp³-hybridized carbons (Fsp3) is 0.583. The SMILES string of the molecule is CCCCCC(C)NC(=O)c1cncc(NN)n1. The van der Waals surface area contributed by atoms with E-state index in [2.05, 4.69) is 27.6 Å². The van der Waals surface area contributed by atoms with Crippen LogP contribution in [-0.4, -0.2) is 21.9 Å². The first-order chi connectivity index (χ1) is 8.67. The lowest BCUT2D eigenvalue weighted by atomic mass is 10.1. The van der Waals surface area contributed by atoms with Crippen molar-refractivity contribution >= 4 is 11.7 Å². The molecule has 1 aromatic heterocycles. The van der Waals surface area contributed by atoms with Gasteiger partial charge in [0, 0.05) is 6.04 Å². The third-order valence-corrected chi connectivity index (χ3v) is 2.63. The van der Waals surface area contributed by atoms with Crippen molar-refractivity contribution in [1.82, 2.24) is 15.3 Å². The number of nitrogen functional groups attached to an aromatic ring is 1. The molecule has 1 atom stereocenters. The quantitative estimate of drug-likeness (QED) is 0.387. The Morgan fingerprint density at radius 1 is 1.44 bits per heavy atom. The number of rotatable bonds is 7. The number of anilines is 1. The molecule has 1 heterocycles. The maximum absolute atomic E-state index is 11.9. The van der Waals surface area contributed by atoms with E-state index in [9.17, 15) is 4.79 Å². The van der Waals surface area contributed by atoms with E-state index >= 15 is 0 Å². The molecule has 0 aliphatic rings. The summed E-state index contributed by atoms with van der Waals surface area (Å²) in [4.78, 5) is 19.8. The molecule has 0 fully saturated rings. The highest BCUT2D eigenvalue weighted by Crippen LogP contribution is 2.05. The van der Waals surface area contributed by atoms with Gasteiger partial charge >= 0.3 is 0 Å². The summed E-state index contributed by atoms with van der Waals surface area (Å²) in [5, 5.41) is 2.90. The molecule has 0 aliphatic heterocycles. The molecule has 0 spiro atoms. The second kappa shape index (κ2) is 7.60. The second-order valence-electron chi connectivity index (χ2n) is 4.30. The van der Waals surface area contributed by atoms with E-state index in [1.807, 2.05) is 6.92 Å². The number of carbonyl (C=O) groups excluding carboxylic acids is 1. The van der Waals surface area contributed by atoms with Crippen LogP contribution in [0, 0.1) is 0 Å². The van der Waals surface area contributed by atoms with Crippen LogP contribution >= 0.6 is 0 Å². The number of nitrogens with one attached hydrogen (secondary N) is 2. The number of amides is 1. The van der Waals surface area contributed by atoms with E-state index in [1.54, 1.807) is 0 Å². The molecule has 100 valence electrons. The smallest absolute Gasteiger partial charge is 0.271 e. The van der Waals surface area contributed by atoms with Gasteiger partial charge in [0.25, 0.3) is 5.91 Å². The van der Waals surface area contributed by atoms with E-state index in [0.717, 1.165) is 12.8 Å². The largest absolute Gasteiger partial charge is 0.348 e. The number of nitrogens with zero attached hydrogens (tertiary/aromatic N) is 2. The van der Waals surface area contributed by atoms with Gasteiger partial charge < -0.3 is 10.7 Å². The van der Waals surface area contributed by atoms with Crippen LogP contribution in [0.2, 0.25) is 0 Å². The van der Waals surface area contributed by atoms with Crippen LogP contribution in [0.15, 0.2) is 12.4 Å². The van der Waals surface area contributed by atoms with Crippen LogP contribution in [0.4, 0.5) is 5.82 Å². The standard InChI is InChI=1S/C12H21N5O/c1-3-4-5-6-9(2)15-12(18)10-7-14-8-11(16-10)17-13/h7-9H,3-6,13H2,1-2H3,(H,15,18)(H,16,17). The fourth-order valence-corrected chi connectivity index (χ4v) is 1.62. The Morgan fingerprint density at radius 3 is 2.89 bits per heavy atom. The summed E-state index contributed by atoms with van der Waals surface area (Å²) in [7, 11) is 0. The van der Waals surface area contributed by atoms with Crippen LogP contribution in [0.1, 0.15) is 50.0 Å².